The fourth-order valence-electron chi connectivity index (χ4n) is 3.01. The molecule has 0 radical (unpaired) electrons. The highest BCUT2D eigenvalue weighted by Gasteiger charge is 2.34. The molecule has 156 valence electrons. The van der Waals surface area contributed by atoms with E-state index in [-0.39, 0.29) is 29.7 Å². The smallest absolute Gasteiger partial charge is 0.348 e. The van der Waals surface area contributed by atoms with Gasteiger partial charge in [-0.2, -0.15) is 18.3 Å². The van der Waals surface area contributed by atoms with Crippen LogP contribution in [-0.2, 0) is 17.5 Å². The van der Waals surface area contributed by atoms with Crippen LogP contribution in [0.5, 0.6) is 0 Å². The number of carbonyl (C=O) groups excluding carboxylic acids is 1. The Morgan fingerprint density at radius 1 is 1.31 bits per heavy atom. The molecule has 0 fully saturated rings. The molecule has 0 saturated carbocycles. The largest absolute Gasteiger partial charge is 0.433 e. The van der Waals surface area contributed by atoms with Crippen LogP contribution in [0.1, 0.15) is 36.7 Å². The molecule has 1 atom stereocenters. The van der Waals surface area contributed by atoms with E-state index in [2.05, 4.69) is 22.0 Å². The first-order valence-corrected chi connectivity index (χ1v) is 8.62. The molecule has 0 bridgehead atoms. The van der Waals surface area contributed by atoms with E-state index < -0.39 is 36.1 Å². The van der Waals surface area contributed by atoms with Crippen molar-refractivity contribution < 1.29 is 31.1 Å². The summed E-state index contributed by atoms with van der Waals surface area (Å²) in [5.41, 5.74) is -1.47. The van der Waals surface area contributed by atoms with Crippen molar-refractivity contribution in [3.63, 3.8) is 0 Å². The van der Waals surface area contributed by atoms with Crippen LogP contribution in [0.25, 0.3) is 11.3 Å². The molecule has 0 spiro atoms. The minimum Gasteiger partial charge on any atom is -0.348 e. The molecule has 1 aliphatic rings. The normalized spacial score (nSPS) is 16.2. The Hall–Kier alpha value is -2.85. The van der Waals surface area contributed by atoms with Crippen molar-refractivity contribution in [1.29, 1.82) is 0 Å². The lowest BCUT2D eigenvalue weighted by Crippen LogP contribution is -2.27. The van der Waals surface area contributed by atoms with Crippen molar-refractivity contribution in [3.8, 4) is 11.3 Å². The van der Waals surface area contributed by atoms with Gasteiger partial charge in [-0.25, -0.2) is 18.2 Å². The number of nitrogens with one attached hydrogen (secondary N) is 1. The van der Waals surface area contributed by atoms with E-state index in [0.717, 1.165) is 0 Å². The van der Waals surface area contributed by atoms with Gasteiger partial charge in [-0.15, -0.1) is 0 Å². The third-order valence-electron chi connectivity index (χ3n) is 4.54. The lowest BCUT2D eigenvalue weighted by atomic mass is 10.1. The maximum absolute atomic E-state index is 14.0. The van der Waals surface area contributed by atoms with Crippen molar-refractivity contribution in [3.05, 3.63) is 47.7 Å². The first kappa shape index (κ1) is 20.9. The van der Waals surface area contributed by atoms with E-state index in [0.29, 0.717) is 30.9 Å². The van der Waals surface area contributed by atoms with Crippen LogP contribution in [0, 0.1) is 5.82 Å². The molecule has 1 N–H and O–H groups in total. The quantitative estimate of drug-likeness (QED) is 0.563. The second kappa shape index (κ2) is 7.88. The average Bonchev–Trinajstić information content (AvgIpc) is 3.20. The second-order valence-corrected chi connectivity index (χ2v) is 6.59. The Morgan fingerprint density at radius 2 is 2.03 bits per heavy atom. The summed E-state index contributed by atoms with van der Waals surface area (Å²) in [6.45, 7) is 3.56. The van der Waals surface area contributed by atoms with E-state index in [1.54, 1.807) is 0 Å². The molecule has 1 amide bonds. The number of nitrogens with zero attached hydrogens (tertiary/aromatic N) is 3. The highest BCUT2D eigenvalue weighted by atomic mass is 19.4. The summed E-state index contributed by atoms with van der Waals surface area (Å²) >= 11 is 0. The predicted octanol–water partition coefficient (Wildman–Crippen LogP) is 4.27. The molecule has 2 aromatic heterocycles. The van der Waals surface area contributed by atoms with E-state index >= 15 is 0 Å². The zero-order valence-corrected chi connectivity index (χ0v) is 14.9. The number of rotatable bonds is 6. The fraction of sp³-hybridized carbons (Fsp3) is 0.389. The number of fused-ring (bicyclic) bond motifs is 1. The zero-order chi connectivity index (χ0) is 21.3. The van der Waals surface area contributed by atoms with Crippen LogP contribution in [0.15, 0.2) is 30.5 Å². The lowest BCUT2D eigenvalue weighted by molar-refractivity contribution is -0.141. The average molecular weight is 418 g/mol. The third-order valence-corrected chi connectivity index (χ3v) is 4.54. The van der Waals surface area contributed by atoms with Gasteiger partial charge in [-0.1, -0.05) is 6.58 Å². The minimum absolute atomic E-state index is 0.0181. The second-order valence-electron chi connectivity index (χ2n) is 6.59. The van der Waals surface area contributed by atoms with Gasteiger partial charge in [0.2, 0.25) is 5.91 Å². The molecule has 5 nitrogen and oxygen atoms in total. The molecule has 3 heterocycles. The molecule has 0 saturated heterocycles. The number of amides is 1. The van der Waals surface area contributed by atoms with Crippen molar-refractivity contribution in [1.82, 2.24) is 20.1 Å². The Balaban J connectivity index is 1.75. The number of aryl methyl sites for hydroxylation is 1. The molecule has 1 aliphatic heterocycles. The monoisotopic (exact) mass is 418 g/mol. The summed E-state index contributed by atoms with van der Waals surface area (Å²) in [6, 6.07) is 1.47. The van der Waals surface area contributed by atoms with Crippen LogP contribution in [0.4, 0.5) is 26.3 Å². The Bertz CT molecular complexity index is 937. The van der Waals surface area contributed by atoms with Crippen LogP contribution < -0.4 is 5.32 Å². The molecule has 0 aromatic carbocycles. The van der Waals surface area contributed by atoms with Crippen LogP contribution in [-0.4, -0.2) is 27.1 Å². The molecular weight excluding hydrogens is 402 g/mol. The summed E-state index contributed by atoms with van der Waals surface area (Å²) in [5.74, 6) is -1.43. The number of allylic oxidation sites excluding steroid dienone is 1. The van der Waals surface area contributed by atoms with Gasteiger partial charge in [-0.3, -0.25) is 9.48 Å². The van der Waals surface area contributed by atoms with Crippen molar-refractivity contribution in [2.24, 2.45) is 0 Å². The molecule has 2 aromatic rings. The predicted molar refractivity (Wildman–Crippen MR) is 90.3 cm³/mol. The minimum atomic E-state index is -4.73. The number of hydrogen-bond acceptors (Lipinski definition) is 3. The molecule has 3 rings (SSSR count). The topological polar surface area (TPSA) is 59.8 Å². The van der Waals surface area contributed by atoms with Crippen molar-refractivity contribution >= 4 is 5.91 Å². The fourth-order valence-corrected chi connectivity index (χ4v) is 3.01. The molecule has 0 aliphatic carbocycles. The summed E-state index contributed by atoms with van der Waals surface area (Å²) in [6.07, 6.45) is -6.81. The molecule has 29 heavy (non-hydrogen) atoms. The van der Waals surface area contributed by atoms with Crippen molar-refractivity contribution in [2.45, 2.75) is 44.5 Å². The van der Waals surface area contributed by atoms with Crippen LogP contribution >= 0.6 is 0 Å². The number of aromatic nitrogens is 3. The molecular formula is C18H16F6N4O. The third kappa shape index (κ3) is 4.60. The standard InChI is InChI=1S/C18H16F6N4O/c1-9(17(20)21)2-3-16(29)26-12-4-5-28-14(12)7-13(27-28)10-6-15(18(22,23)24)25-8-11(10)19/h6-8,12,17H,1-5H2,(H,26,29). The van der Waals surface area contributed by atoms with Gasteiger partial charge in [-0.05, 0) is 30.5 Å². The molecule has 1 unspecified atom stereocenters. The first-order chi connectivity index (χ1) is 13.6. The Morgan fingerprint density at radius 3 is 2.69 bits per heavy atom. The SMILES string of the molecule is C=C(CCC(=O)NC1CCn2nc(-c3cc(C(F)(F)F)ncc3F)cc21)C(F)F. The summed E-state index contributed by atoms with van der Waals surface area (Å²) in [7, 11) is 0. The van der Waals surface area contributed by atoms with E-state index in [1.807, 2.05) is 0 Å². The first-order valence-electron chi connectivity index (χ1n) is 8.62. The van der Waals surface area contributed by atoms with Crippen LogP contribution in [0.2, 0.25) is 0 Å². The highest BCUT2D eigenvalue weighted by molar-refractivity contribution is 5.76. The van der Waals surface area contributed by atoms with Gasteiger partial charge in [0.15, 0.2) is 5.82 Å². The number of pyridine rings is 1. The summed E-state index contributed by atoms with van der Waals surface area (Å²) in [4.78, 5) is 15.1. The number of hydrogen-bond donors (Lipinski definition) is 1. The maximum Gasteiger partial charge on any atom is 0.433 e. The summed E-state index contributed by atoms with van der Waals surface area (Å²) < 4.78 is 78.9. The van der Waals surface area contributed by atoms with Crippen molar-refractivity contribution in [2.75, 3.05) is 0 Å². The van der Waals surface area contributed by atoms with Gasteiger partial charge in [0.25, 0.3) is 6.43 Å². The molecule has 11 heteroatoms. The van der Waals surface area contributed by atoms with Gasteiger partial charge in [0, 0.05) is 18.5 Å². The van der Waals surface area contributed by atoms with Gasteiger partial charge >= 0.3 is 6.18 Å². The maximum atomic E-state index is 14.0. The van der Waals surface area contributed by atoms with Gasteiger partial charge in [0.1, 0.15) is 5.69 Å². The number of halogens is 6. The highest BCUT2D eigenvalue weighted by Crippen LogP contribution is 2.34. The summed E-state index contributed by atoms with van der Waals surface area (Å²) in [5, 5.41) is 6.79. The zero-order valence-electron chi connectivity index (χ0n) is 14.9. The van der Waals surface area contributed by atoms with Gasteiger partial charge in [0.05, 0.1) is 23.6 Å². The van der Waals surface area contributed by atoms with Gasteiger partial charge < -0.3 is 5.32 Å². The van der Waals surface area contributed by atoms with E-state index in [4.69, 9.17) is 0 Å². The number of carbonyl (C=O) groups is 1. The number of alkyl halides is 5. The van der Waals surface area contributed by atoms with E-state index in [9.17, 15) is 31.1 Å². The van der Waals surface area contributed by atoms with Crippen LogP contribution in [0.3, 0.4) is 0 Å². The lowest BCUT2D eigenvalue weighted by Gasteiger charge is -2.12. The Labute approximate surface area is 161 Å². The Kier molecular flexibility index (Phi) is 5.67. The van der Waals surface area contributed by atoms with E-state index in [1.165, 1.54) is 10.7 Å².